The van der Waals surface area contributed by atoms with E-state index in [-0.39, 0.29) is 5.54 Å². The molecule has 1 unspecified atom stereocenters. The summed E-state index contributed by atoms with van der Waals surface area (Å²) < 4.78 is 5.46. The summed E-state index contributed by atoms with van der Waals surface area (Å²) in [4.78, 5) is 6.62. The summed E-state index contributed by atoms with van der Waals surface area (Å²) in [6, 6.07) is 8.26. The Hall–Kier alpha value is -1.55. The predicted molar refractivity (Wildman–Crippen MR) is 79.6 cm³/mol. The molecule has 0 saturated heterocycles. The largest absolute Gasteiger partial charge is 0.382 e. The Morgan fingerprint density at radius 1 is 1.42 bits per heavy atom. The molecule has 2 N–H and O–H groups in total. The van der Waals surface area contributed by atoms with Crippen molar-refractivity contribution in [3.8, 4) is 0 Å². The van der Waals surface area contributed by atoms with E-state index in [4.69, 9.17) is 10.5 Å². The number of anilines is 1. The summed E-state index contributed by atoms with van der Waals surface area (Å²) in [6.07, 6.45) is 0. The number of benzene rings is 1. The molecule has 4 heteroatoms. The first-order valence-corrected chi connectivity index (χ1v) is 6.67. The van der Waals surface area contributed by atoms with Crippen LogP contribution in [0.4, 0.5) is 5.69 Å². The summed E-state index contributed by atoms with van der Waals surface area (Å²) >= 11 is 0. The summed E-state index contributed by atoms with van der Waals surface area (Å²) in [5.74, 6) is 0.969. The highest BCUT2D eigenvalue weighted by Gasteiger charge is 2.46. The van der Waals surface area contributed by atoms with Crippen LogP contribution < -0.4 is 10.6 Å². The lowest BCUT2D eigenvalue weighted by Crippen LogP contribution is -2.58. The van der Waals surface area contributed by atoms with Crippen LogP contribution in [0.1, 0.15) is 19.4 Å². The number of nitrogens with two attached hydrogens (primary N) is 1. The Morgan fingerprint density at radius 2 is 2.11 bits per heavy atom. The molecule has 1 aromatic rings. The number of aryl methyl sites for hydroxylation is 1. The maximum Gasteiger partial charge on any atom is 0.196 e. The zero-order chi connectivity index (χ0) is 14.0. The van der Waals surface area contributed by atoms with Gasteiger partial charge in [-0.25, -0.2) is 0 Å². The number of para-hydroxylation sites is 1. The number of methoxy groups -OCH3 is 1. The molecule has 0 amide bonds. The molecule has 1 aliphatic heterocycles. The highest BCUT2D eigenvalue weighted by atomic mass is 16.5. The Balaban J connectivity index is 2.50. The second kappa shape index (κ2) is 5.21. The Labute approximate surface area is 115 Å². The van der Waals surface area contributed by atoms with Gasteiger partial charge in [0.25, 0.3) is 0 Å². The van der Waals surface area contributed by atoms with Gasteiger partial charge in [0.15, 0.2) is 5.96 Å². The number of rotatable bonds is 4. The fourth-order valence-corrected chi connectivity index (χ4v) is 2.73. The zero-order valence-corrected chi connectivity index (χ0v) is 12.2. The second-order valence-corrected chi connectivity index (χ2v) is 5.49. The molecule has 0 saturated carbocycles. The fourth-order valence-electron chi connectivity index (χ4n) is 2.73. The van der Waals surface area contributed by atoms with Crippen LogP contribution in [-0.4, -0.2) is 31.8 Å². The van der Waals surface area contributed by atoms with Crippen molar-refractivity contribution in [2.45, 2.75) is 26.3 Å². The van der Waals surface area contributed by atoms with Gasteiger partial charge in [-0.15, -0.1) is 0 Å². The quantitative estimate of drug-likeness (QED) is 0.903. The molecule has 0 aromatic heterocycles. The Kier molecular flexibility index (Phi) is 3.80. The van der Waals surface area contributed by atoms with E-state index in [1.807, 2.05) is 12.1 Å². The van der Waals surface area contributed by atoms with Gasteiger partial charge >= 0.3 is 0 Å². The van der Waals surface area contributed by atoms with E-state index in [0.29, 0.717) is 25.0 Å². The van der Waals surface area contributed by atoms with Crippen LogP contribution in [0.2, 0.25) is 0 Å². The number of hydrogen-bond donors (Lipinski definition) is 1. The summed E-state index contributed by atoms with van der Waals surface area (Å²) in [5.41, 5.74) is 8.27. The second-order valence-electron chi connectivity index (χ2n) is 5.49. The van der Waals surface area contributed by atoms with E-state index in [1.54, 1.807) is 7.11 Å². The Morgan fingerprint density at radius 3 is 2.68 bits per heavy atom. The third-order valence-electron chi connectivity index (χ3n) is 4.01. The SMILES string of the molecule is COCC1(C(C)C)CN=C(N)N1c1ccccc1C. The molecular weight excluding hydrogens is 238 g/mol. The molecule has 0 radical (unpaired) electrons. The summed E-state index contributed by atoms with van der Waals surface area (Å²) in [6.45, 7) is 7.78. The lowest BCUT2D eigenvalue weighted by Gasteiger charge is -2.42. The van der Waals surface area contributed by atoms with Crippen LogP contribution >= 0.6 is 0 Å². The van der Waals surface area contributed by atoms with Crippen molar-refractivity contribution in [2.24, 2.45) is 16.6 Å². The minimum Gasteiger partial charge on any atom is -0.382 e. The Bertz CT molecular complexity index is 484. The van der Waals surface area contributed by atoms with Crippen LogP contribution in [0, 0.1) is 12.8 Å². The van der Waals surface area contributed by atoms with E-state index >= 15 is 0 Å². The maximum absolute atomic E-state index is 6.14. The van der Waals surface area contributed by atoms with Gasteiger partial charge in [0.05, 0.1) is 18.7 Å². The van der Waals surface area contributed by atoms with Crippen molar-refractivity contribution in [1.82, 2.24) is 0 Å². The van der Waals surface area contributed by atoms with Crippen molar-refractivity contribution in [1.29, 1.82) is 0 Å². The minimum absolute atomic E-state index is 0.190. The maximum atomic E-state index is 6.14. The van der Waals surface area contributed by atoms with Crippen molar-refractivity contribution in [3.05, 3.63) is 29.8 Å². The third-order valence-corrected chi connectivity index (χ3v) is 4.01. The van der Waals surface area contributed by atoms with Gasteiger partial charge < -0.3 is 15.4 Å². The third kappa shape index (κ3) is 2.21. The molecular formula is C15H23N3O. The number of nitrogens with zero attached hydrogens (tertiary/aromatic N) is 2. The highest BCUT2D eigenvalue weighted by Crippen LogP contribution is 2.36. The molecule has 104 valence electrons. The smallest absolute Gasteiger partial charge is 0.196 e. The van der Waals surface area contributed by atoms with E-state index in [1.165, 1.54) is 5.56 Å². The average molecular weight is 261 g/mol. The molecule has 1 atom stereocenters. The molecule has 1 heterocycles. The predicted octanol–water partition coefficient (Wildman–Crippen LogP) is 2.17. The van der Waals surface area contributed by atoms with Crippen molar-refractivity contribution >= 4 is 11.6 Å². The van der Waals surface area contributed by atoms with Crippen molar-refractivity contribution in [2.75, 3.05) is 25.2 Å². The number of guanidine groups is 1. The van der Waals surface area contributed by atoms with E-state index < -0.39 is 0 Å². The fraction of sp³-hybridized carbons (Fsp3) is 0.533. The van der Waals surface area contributed by atoms with Crippen LogP contribution in [0.15, 0.2) is 29.3 Å². The average Bonchev–Trinajstić information content (AvgIpc) is 2.69. The van der Waals surface area contributed by atoms with Gasteiger partial charge in [-0.1, -0.05) is 32.0 Å². The molecule has 19 heavy (non-hydrogen) atoms. The standard InChI is InChI=1S/C15H23N3O/c1-11(2)15(10-19-4)9-17-14(16)18(15)13-8-6-5-7-12(13)3/h5-8,11H,9-10H2,1-4H3,(H2,16,17). The van der Waals surface area contributed by atoms with Crippen LogP contribution in [0.25, 0.3) is 0 Å². The molecule has 0 fully saturated rings. The van der Waals surface area contributed by atoms with E-state index in [9.17, 15) is 0 Å². The van der Waals surface area contributed by atoms with Gasteiger partial charge in [-0.2, -0.15) is 0 Å². The van der Waals surface area contributed by atoms with E-state index in [0.717, 1.165) is 5.69 Å². The first kappa shape index (κ1) is 13.9. The topological polar surface area (TPSA) is 50.9 Å². The molecule has 4 nitrogen and oxygen atoms in total. The summed E-state index contributed by atoms with van der Waals surface area (Å²) in [5, 5.41) is 0. The number of aliphatic imine (C=N–C) groups is 1. The normalized spacial score (nSPS) is 23.0. The lowest BCUT2D eigenvalue weighted by atomic mass is 9.85. The first-order chi connectivity index (χ1) is 9.03. The van der Waals surface area contributed by atoms with Gasteiger partial charge in [0.2, 0.25) is 0 Å². The van der Waals surface area contributed by atoms with Gasteiger partial charge in [0, 0.05) is 12.8 Å². The minimum atomic E-state index is -0.190. The van der Waals surface area contributed by atoms with Crippen molar-refractivity contribution < 1.29 is 4.74 Å². The molecule has 2 rings (SSSR count). The van der Waals surface area contributed by atoms with Crippen LogP contribution in [0.5, 0.6) is 0 Å². The molecule has 0 bridgehead atoms. The first-order valence-electron chi connectivity index (χ1n) is 6.67. The van der Waals surface area contributed by atoms with Gasteiger partial charge in [-0.05, 0) is 24.5 Å². The van der Waals surface area contributed by atoms with E-state index in [2.05, 4.69) is 42.8 Å². The molecule has 1 aliphatic rings. The highest BCUT2D eigenvalue weighted by molar-refractivity contribution is 5.99. The number of ether oxygens (including phenoxy) is 1. The molecule has 1 aromatic carbocycles. The lowest BCUT2D eigenvalue weighted by molar-refractivity contribution is 0.115. The van der Waals surface area contributed by atoms with Crippen LogP contribution in [-0.2, 0) is 4.74 Å². The van der Waals surface area contributed by atoms with Crippen LogP contribution in [0.3, 0.4) is 0 Å². The van der Waals surface area contributed by atoms with Gasteiger partial charge in [0.1, 0.15) is 0 Å². The van der Waals surface area contributed by atoms with Crippen molar-refractivity contribution in [3.63, 3.8) is 0 Å². The molecule has 0 aliphatic carbocycles. The molecule has 0 spiro atoms. The zero-order valence-electron chi connectivity index (χ0n) is 12.2. The summed E-state index contributed by atoms with van der Waals surface area (Å²) in [7, 11) is 1.73. The monoisotopic (exact) mass is 261 g/mol. The van der Waals surface area contributed by atoms with Gasteiger partial charge in [-0.3, -0.25) is 4.99 Å². The number of hydrogen-bond acceptors (Lipinski definition) is 4.